The van der Waals surface area contributed by atoms with Crippen molar-refractivity contribution in [1.82, 2.24) is 20.1 Å². The highest BCUT2D eigenvalue weighted by atomic mass is 15.3. The number of nitrogens with zero attached hydrogens (tertiary/aromatic N) is 3. The lowest BCUT2D eigenvalue weighted by Gasteiger charge is -2.22. The largest absolute Gasteiger partial charge is 0.314 e. The Labute approximate surface area is 117 Å². The van der Waals surface area contributed by atoms with E-state index in [2.05, 4.69) is 33.9 Å². The fourth-order valence-electron chi connectivity index (χ4n) is 2.86. The van der Waals surface area contributed by atoms with Crippen molar-refractivity contribution in [2.24, 2.45) is 0 Å². The first-order chi connectivity index (χ1) is 9.33. The molecular formula is C15H28N4. The monoisotopic (exact) mass is 264 g/mol. The van der Waals surface area contributed by atoms with E-state index in [0.29, 0.717) is 0 Å². The molecular weight excluding hydrogens is 236 g/mol. The van der Waals surface area contributed by atoms with Gasteiger partial charge in [-0.2, -0.15) is 5.10 Å². The standard InChI is InChI=1S/C15H28N4/c1-3-14-17-15(4-2)19(18-14)12-8-11-16-13-9-6-5-7-10-13/h13,16H,3-12H2,1-2H3. The molecule has 0 radical (unpaired) electrons. The minimum atomic E-state index is 0.765. The third-order valence-electron chi connectivity index (χ3n) is 4.01. The Morgan fingerprint density at radius 1 is 1.16 bits per heavy atom. The van der Waals surface area contributed by atoms with Gasteiger partial charge in [0.05, 0.1) is 0 Å². The molecule has 1 aliphatic rings. The molecule has 0 spiro atoms. The first kappa shape index (κ1) is 14.5. The first-order valence-electron chi connectivity index (χ1n) is 7.99. The molecule has 0 atom stereocenters. The van der Waals surface area contributed by atoms with E-state index in [0.717, 1.165) is 50.0 Å². The average molecular weight is 264 g/mol. The fraction of sp³-hybridized carbons (Fsp3) is 0.867. The van der Waals surface area contributed by atoms with E-state index in [1.54, 1.807) is 0 Å². The molecule has 0 unspecified atom stereocenters. The summed E-state index contributed by atoms with van der Waals surface area (Å²) in [7, 11) is 0. The van der Waals surface area contributed by atoms with Gasteiger partial charge in [-0.05, 0) is 25.8 Å². The van der Waals surface area contributed by atoms with Crippen molar-refractivity contribution in [1.29, 1.82) is 0 Å². The molecule has 4 nitrogen and oxygen atoms in total. The smallest absolute Gasteiger partial charge is 0.150 e. The van der Waals surface area contributed by atoms with Gasteiger partial charge in [0.1, 0.15) is 5.82 Å². The van der Waals surface area contributed by atoms with Gasteiger partial charge in [0.2, 0.25) is 0 Å². The summed E-state index contributed by atoms with van der Waals surface area (Å²) in [5, 5.41) is 8.25. The summed E-state index contributed by atoms with van der Waals surface area (Å²) in [6.45, 7) is 6.37. The molecule has 2 rings (SSSR count). The molecule has 1 aromatic heterocycles. The quantitative estimate of drug-likeness (QED) is 0.770. The van der Waals surface area contributed by atoms with Crippen molar-refractivity contribution in [2.45, 2.75) is 77.8 Å². The van der Waals surface area contributed by atoms with Gasteiger partial charge in [-0.1, -0.05) is 33.1 Å². The lowest BCUT2D eigenvalue weighted by atomic mass is 9.95. The van der Waals surface area contributed by atoms with Gasteiger partial charge in [-0.25, -0.2) is 9.67 Å². The summed E-state index contributed by atoms with van der Waals surface area (Å²) in [5.41, 5.74) is 0. The van der Waals surface area contributed by atoms with Gasteiger partial charge in [0.15, 0.2) is 5.82 Å². The van der Waals surface area contributed by atoms with Gasteiger partial charge < -0.3 is 5.32 Å². The predicted molar refractivity (Wildman–Crippen MR) is 78.3 cm³/mol. The molecule has 0 bridgehead atoms. The normalized spacial score (nSPS) is 16.9. The topological polar surface area (TPSA) is 42.7 Å². The van der Waals surface area contributed by atoms with E-state index < -0.39 is 0 Å². The maximum Gasteiger partial charge on any atom is 0.150 e. The number of aryl methyl sites for hydroxylation is 3. The highest BCUT2D eigenvalue weighted by molar-refractivity contribution is 4.92. The van der Waals surface area contributed by atoms with Crippen LogP contribution in [0.1, 0.15) is 64.0 Å². The van der Waals surface area contributed by atoms with E-state index in [-0.39, 0.29) is 0 Å². The number of hydrogen-bond donors (Lipinski definition) is 1. The minimum Gasteiger partial charge on any atom is -0.314 e. The molecule has 0 aliphatic heterocycles. The van der Waals surface area contributed by atoms with E-state index in [1.807, 2.05) is 0 Å². The maximum atomic E-state index is 4.56. The van der Waals surface area contributed by atoms with Gasteiger partial charge >= 0.3 is 0 Å². The van der Waals surface area contributed by atoms with Crippen LogP contribution < -0.4 is 5.32 Å². The van der Waals surface area contributed by atoms with Crippen LogP contribution in [0.15, 0.2) is 0 Å². The second-order valence-corrected chi connectivity index (χ2v) is 5.52. The molecule has 108 valence electrons. The van der Waals surface area contributed by atoms with Gasteiger partial charge in [0.25, 0.3) is 0 Å². The third-order valence-corrected chi connectivity index (χ3v) is 4.01. The lowest BCUT2D eigenvalue weighted by molar-refractivity contribution is 0.366. The Bertz CT molecular complexity index is 366. The number of hydrogen-bond acceptors (Lipinski definition) is 3. The number of nitrogens with one attached hydrogen (secondary N) is 1. The molecule has 0 aromatic carbocycles. The van der Waals surface area contributed by atoms with Crippen LogP contribution >= 0.6 is 0 Å². The van der Waals surface area contributed by atoms with Crippen molar-refractivity contribution in [3.63, 3.8) is 0 Å². The first-order valence-corrected chi connectivity index (χ1v) is 7.99. The van der Waals surface area contributed by atoms with Crippen LogP contribution in [0.5, 0.6) is 0 Å². The highest BCUT2D eigenvalue weighted by Gasteiger charge is 2.12. The zero-order chi connectivity index (χ0) is 13.5. The average Bonchev–Trinajstić information content (AvgIpc) is 2.87. The van der Waals surface area contributed by atoms with Crippen LogP contribution in [0, 0.1) is 0 Å². The summed E-state index contributed by atoms with van der Waals surface area (Å²) in [5.74, 6) is 2.12. The molecule has 1 aliphatic carbocycles. The van der Waals surface area contributed by atoms with Crippen LogP contribution in [-0.4, -0.2) is 27.4 Å². The van der Waals surface area contributed by atoms with Crippen molar-refractivity contribution < 1.29 is 0 Å². The van der Waals surface area contributed by atoms with Crippen molar-refractivity contribution in [3.05, 3.63) is 11.6 Å². The molecule has 1 N–H and O–H groups in total. The second-order valence-electron chi connectivity index (χ2n) is 5.52. The molecule has 1 aromatic rings. The maximum absolute atomic E-state index is 4.56. The molecule has 1 fully saturated rings. The third kappa shape index (κ3) is 4.30. The molecule has 0 amide bonds. The van der Waals surface area contributed by atoms with Crippen LogP contribution in [0.25, 0.3) is 0 Å². The van der Waals surface area contributed by atoms with Crippen LogP contribution in [0.4, 0.5) is 0 Å². The second kappa shape index (κ2) is 7.63. The molecule has 4 heteroatoms. The van der Waals surface area contributed by atoms with E-state index in [9.17, 15) is 0 Å². The lowest BCUT2D eigenvalue weighted by Crippen LogP contribution is -2.32. The highest BCUT2D eigenvalue weighted by Crippen LogP contribution is 2.17. The van der Waals surface area contributed by atoms with E-state index in [4.69, 9.17) is 0 Å². The predicted octanol–water partition coefficient (Wildman–Crippen LogP) is 2.72. The van der Waals surface area contributed by atoms with Gasteiger partial charge in [-0.15, -0.1) is 0 Å². The molecule has 19 heavy (non-hydrogen) atoms. The fourth-order valence-corrected chi connectivity index (χ4v) is 2.86. The Balaban J connectivity index is 1.71. The van der Waals surface area contributed by atoms with E-state index in [1.165, 1.54) is 32.1 Å². The van der Waals surface area contributed by atoms with Gasteiger partial charge in [0, 0.05) is 25.4 Å². The summed E-state index contributed by atoms with van der Waals surface area (Å²) in [6, 6.07) is 0.765. The van der Waals surface area contributed by atoms with E-state index >= 15 is 0 Å². The Morgan fingerprint density at radius 3 is 2.63 bits per heavy atom. The number of aromatic nitrogens is 3. The molecule has 1 heterocycles. The minimum absolute atomic E-state index is 0.765. The molecule has 0 saturated heterocycles. The Hall–Kier alpha value is -0.900. The zero-order valence-corrected chi connectivity index (χ0v) is 12.5. The summed E-state index contributed by atoms with van der Waals surface area (Å²) < 4.78 is 2.10. The van der Waals surface area contributed by atoms with Crippen LogP contribution in [0.2, 0.25) is 0 Å². The zero-order valence-electron chi connectivity index (χ0n) is 12.5. The van der Waals surface area contributed by atoms with Crippen LogP contribution in [0.3, 0.4) is 0 Å². The van der Waals surface area contributed by atoms with Crippen molar-refractivity contribution in [3.8, 4) is 0 Å². The summed E-state index contributed by atoms with van der Waals surface area (Å²) >= 11 is 0. The van der Waals surface area contributed by atoms with Crippen molar-refractivity contribution >= 4 is 0 Å². The van der Waals surface area contributed by atoms with Crippen LogP contribution in [-0.2, 0) is 19.4 Å². The SMILES string of the molecule is CCc1nc(CC)n(CCCNC2CCCCC2)n1. The van der Waals surface area contributed by atoms with Gasteiger partial charge in [-0.3, -0.25) is 0 Å². The Morgan fingerprint density at radius 2 is 1.95 bits per heavy atom. The van der Waals surface area contributed by atoms with Crippen molar-refractivity contribution in [2.75, 3.05) is 6.54 Å². The summed E-state index contributed by atoms with van der Waals surface area (Å²) in [6.07, 6.45) is 10.0. The Kier molecular flexibility index (Phi) is 5.83. The summed E-state index contributed by atoms with van der Waals surface area (Å²) in [4.78, 5) is 4.55. The molecule has 1 saturated carbocycles. The number of rotatable bonds is 7.